The number of carbonyl (C=O) groups is 2. The Kier molecular flexibility index (Phi) is 6.12. The Morgan fingerprint density at radius 2 is 2.11 bits per heavy atom. The highest BCUT2D eigenvalue weighted by Crippen LogP contribution is 2.16. The number of esters is 1. The topological polar surface area (TPSA) is 66.8 Å². The third kappa shape index (κ3) is 5.04. The zero-order chi connectivity index (χ0) is 13.5. The molecule has 1 N–H and O–H groups in total. The van der Waals surface area contributed by atoms with Crippen LogP contribution in [0.25, 0.3) is 0 Å². The maximum Gasteiger partial charge on any atom is 0.320 e. The average molecular weight is 257 g/mol. The molecule has 5 heteroatoms. The Hall–Kier alpha value is -1.10. The molecule has 1 aliphatic rings. The van der Waals surface area contributed by atoms with Crippen molar-refractivity contribution in [1.82, 2.24) is 4.90 Å². The van der Waals surface area contributed by atoms with Crippen LogP contribution in [0.5, 0.6) is 0 Å². The number of carbonyl (C=O) groups excluding carboxylic acids is 1. The number of aliphatic carboxylic acids is 1. The van der Waals surface area contributed by atoms with Crippen LogP contribution in [0.3, 0.4) is 0 Å². The number of rotatable bonds is 6. The van der Waals surface area contributed by atoms with Gasteiger partial charge in [-0.05, 0) is 31.7 Å². The molecule has 1 rings (SSSR count). The van der Waals surface area contributed by atoms with Crippen LogP contribution in [0.15, 0.2) is 0 Å². The summed E-state index contributed by atoms with van der Waals surface area (Å²) in [5.74, 6) is -0.659. The van der Waals surface area contributed by atoms with E-state index >= 15 is 0 Å². The smallest absolute Gasteiger partial charge is 0.320 e. The van der Waals surface area contributed by atoms with Crippen LogP contribution < -0.4 is 0 Å². The summed E-state index contributed by atoms with van der Waals surface area (Å²) in [6.07, 6.45) is 3.32. The molecule has 1 fully saturated rings. The van der Waals surface area contributed by atoms with E-state index in [4.69, 9.17) is 9.84 Å². The van der Waals surface area contributed by atoms with Crippen molar-refractivity contribution in [3.8, 4) is 0 Å². The largest absolute Gasteiger partial charge is 0.480 e. The molecule has 0 spiro atoms. The zero-order valence-electron chi connectivity index (χ0n) is 11.2. The molecule has 0 bridgehead atoms. The van der Waals surface area contributed by atoms with E-state index in [-0.39, 0.29) is 12.5 Å². The van der Waals surface area contributed by atoms with Gasteiger partial charge in [0, 0.05) is 0 Å². The molecule has 0 aliphatic carbocycles. The molecule has 104 valence electrons. The molecule has 1 saturated heterocycles. The maximum atomic E-state index is 11.6. The molecule has 1 unspecified atom stereocenters. The molecular weight excluding hydrogens is 234 g/mol. The van der Waals surface area contributed by atoms with Crippen molar-refractivity contribution in [1.29, 1.82) is 0 Å². The normalized spacial score (nSPS) is 20.9. The van der Waals surface area contributed by atoms with E-state index in [1.165, 1.54) is 0 Å². The van der Waals surface area contributed by atoms with Crippen molar-refractivity contribution in [2.75, 3.05) is 19.7 Å². The summed E-state index contributed by atoms with van der Waals surface area (Å²) in [6, 6.07) is -0.531. The fraction of sp³-hybridized carbons (Fsp3) is 0.846. The highest BCUT2D eigenvalue weighted by atomic mass is 16.5. The third-order valence-electron chi connectivity index (χ3n) is 3.19. The summed E-state index contributed by atoms with van der Waals surface area (Å²) >= 11 is 0. The summed E-state index contributed by atoms with van der Waals surface area (Å²) in [5, 5.41) is 9.08. The standard InChI is InChI=1S/C13H23NO4/c1-10(2)6-8-18-12(15)9-14-7-4-3-5-11(14)13(16)17/h10-11H,3-9H2,1-2H3,(H,16,17). The van der Waals surface area contributed by atoms with E-state index in [1.54, 1.807) is 4.90 Å². The lowest BCUT2D eigenvalue weighted by molar-refractivity contribution is -0.150. The van der Waals surface area contributed by atoms with Gasteiger partial charge in [0.1, 0.15) is 6.04 Å². The van der Waals surface area contributed by atoms with Gasteiger partial charge in [-0.3, -0.25) is 14.5 Å². The second-order valence-corrected chi connectivity index (χ2v) is 5.22. The molecule has 0 amide bonds. The van der Waals surface area contributed by atoms with E-state index in [9.17, 15) is 9.59 Å². The Bertz CT molecular complexity index is 291. The van der Waals surface area contributed by atoms with Gasteiger partial charge in [-0.15, -0.1) is 0 Å². The number of carboxylic acids is 1. The van der Waals surface area contributed by atoms with Gasteiger partial charge in [0.2, 0.25) is 0 Å². The molecule has 18 heavy (non-hydrogen) atoms. The number of hydrogen-bond donors (Lipinski definition) is 1. The highest BCUT2D eigenvalue weighted by Gasteiger charge is 2.29. The van der Waals surface area contributed by atoms with Crippen molar-refractivity contribution in [2.45, 2.75) is 45.6 Å². The Balaban J connectivity index is 2.34. The molecule has 0 radical (unpaired) electrons. The number of ether oxygens (including phenoxy) is 1. The average Bonchev–Trinajstić information content (AvgIpc) is 2.28. The van der Waals surface area contributed by atoms with Crippen LogP contribution in [0.4, 0.5) is 0 Å². The molecule has 5 nitrogen and oxygen atoms in total. The van der Waals surface area contributed by atoms with Crippen LogP contribution >= 0.6 is 0 Å². The molecule has 0 aromatic rings. The molecule has 1 aliphatic heterocycles. The van der Waals surface area contributed by atoms with Crippen LogP contribution in [0.1, 0.15) is 39.5 Å². The van der Waals surface area contributed by atoms with Gasteiger partial charge < -0.3 is 9.84 Å². The molecule has 0 aromatic carbocycles. The molecule has 1 atom stereocenters. The second kappa shape index (κ2) is 7.36. The van der Waals surface area contributed by atoms with Gasteiger partial charge >= 0.3 is 11.9 Å². The van der Waals surface area contributed by atoms with E-state index in [2.05, 4.69) is 13.8 Å². The van der Waals surface area contributed by atoms with Gasteiger partial charge in [-0.2, -0.15) is 0 Å². The first kappa shape index (κ1) is 15.0. The fourth-order valence-electron chi connectivity index (χ4n) is 2.08. The van der Waals surface area contributed by atoms with Crippen molar-refractivity contribution in [3.63, 3.8) is 0 Å². The number of likely N-dealkylation sites (tertiary alicyclic amines) is 1. The SMILES string of the molecule is CC(C)CCOC(=O)CN1CCCCC1C(=O)O. The monoisotopic (exact) mass is 257 g/mol. The Labute approximate surface area is 108 Å². The minimum atomic E-state index is -0.843. The summed E-state index contributed by atoms with van der Waals surface area (Å²) in [5.41, 5.74) is 0. The fourth-order valence-corrected chi connectivity index (χ4v) is 2.08. The third-order valence-corrected chi connectivity index (χ3v) is 3.19. The Morgan fingerprint density at radius 1 is 1.39 bits per heavy atom. The molecule has 0 saturated carbocycles. The van der Waals surface area contributed by atoms with Crippen molar-refractivity contribution >= 4 is 11.9 Å². The van der Waals surface area contributed by atoms with E-state index < -0.39 is 12.0 Å². The Morgan fingerprint density at radius 3 is 2.72 bits per heavy atom. The predicted molar refractivity (Wildman–Crippen MR) is 67.3 cm³/mol. The van der Waals surface area contributed by atoms with Crippen molar-refractivity contribution in [3.05, 3.63) is 0 Å². The minimum Gasteiger partial charge on any atom is -0.480 e. The molecule has 0 aromatic heterocycles. The van der Waals surface area contributed by atoms with Gasteiger partial charge in [-0.25, -0.2) is 0 Å². The summed E-state index contributed by atoms with van der Waals surface area (Å²) in [6.45, 7) is 5.31. The predicted octanol–water partition coefficient (Wildman–Crippen LogP) is 1.51. The van der Waals surface area contributed by atoms with Gasteiger partial charge in [0.15, 0.2) is 0 Å². The van der Waals surface area contributed by atoms with E-state index in [0.29, 0.717) is 25.5 Å². The van der Waals surface area contributed by atoms with Gasteiger partial charge in [0.25, 0.3) is 0 Å². The summed E-state index contributed by atoms with van der Waals surface area (Å²) < 4.78 is 5.11. The van der Waals surface area contributed by atoms with Gasteiger partial charge in [0.05, 0.1) is 13.2 Å². The number of hydrogen-bond acceptors (Lipinski definition) is 4. The number of nitrogens with zero attached hydrogens (tertiary/aromatic N) is 1. The highest BCUT2D eigenvalue weighted by molar-refractivity contribution is 5.76. The van der Waals surface area contributed by atoms with Gasteiger partial charge in [-0.1, -0.05) is 20.3 Å². The summed E-state index contributed by atoms with van der Waals surface area (Å²) in [4.78, 5) is 24.4. The first-order valence-corrected chi connectivity index (χ1v) is 6.63. The summed E-state index contributed by atoms with van der Waals surface area (Å²) in [7, 11) is 0. The lowest BCUT2D eigenvalue weighted by Gasteiger charge is -2.31. The van der Waals surface area contributed by atoms with Crippen molar-refractivity contribution < 1.29 is 19.4 Å². The maximum absolute atomic E-state index is 11.6. The quantitative estimate of drug-likeness (QED) is 0.731. The first-order valence-electron chi connectivity index (χ1n) is 6.63. The number of carboxylic acid groups (broad SMARTS) is 1. The van der Waals surface area contributed by atoms with Crippen LogP contribution in [-0.4, -0.2) is 47.7 Å². The van der Waals surface area contributed by atoms with E-state index in [0.717, 1.165) is 19.3 Å². The lowest BCUT2D eigenvalue weighted by Crippen LogP contribution is -2.47. The lowest BCUT2D eigenvalue weighted by atomic mass is 10.0. The van der Waals surface area contributed by atoms with E-state index in [1.807, 2.05) is 0 Å². The molecular formula is C13H23NO4. The molecule has 1 heterocycles. The van der Waals surface area contributed by atoms with Crippen LogP contribution in [0, 0.1) is 5.92 Å². The zero-order valence-corrected chi connectivity index (χ0v) is 11.2. The van der Waals surface area contributed by atoms with Crippen LogP contribution in [0.2, 0.25) is 0 Å². The first-order chi connectivity index (χ1) is 8.50. The second-order valence-electron chi connectivity index (χ2n) is 5.22. The minimum absolute atomic E-state index is 0.0923. The number of piperidine rings is 1. The van der Waals surface area contributed by atoms with Crippen molar-refractivity contribution in [2.24, 2.45) is 5.92 Å². The van der Waals surface area contributed by atoms with Crippen LogP contribution in [-0.2, 0) is 14.3 Å².